The highest BCUT2D eigenvalue weighted by Gasteiger charge is 2.32. The Balaban J connectivity index is 1.65. The summed E-state index contributed by atoms with van der Waals surface area (Å²) in [5.74, 6) is -0.341. The number of allylic oxidation sites excluding steroid dienone is 2. The number of rotatable bonds is 4. The van der Waals surface area contributed by atoms with Crippen molar-refractivity contribution < 1.29 is 19.1 Å². The van der Waals surface area contributed by atoms with E-state index in [2.05, 4.69) is 5.32 Å². The van der Waals surface area contributed by atoms with Crippen molar-refractivity contribution in [3.8, 4) is 5.75 Å². The van der Waals surface area contributed by atoms with Crippen molar-refractivity contribution in [1.29, 1.82) is 0 Å². The number of benzene rings is 1. The summed E-state index contributed by atoms with van der Waals surface area (Å²) < 4.78 is 10.4. The van der Waals surface area contributed by atoms with Crippen LogP contribution in [-0.4, -0.2) is 25.1 Å². The molecule has 0 aromatic heterocycles. The molecule has 2 atom stereocenters. The lowest BCUT2D eigenvalue weighted by molar-refractivity contribution is -0.146. The van der Waals surface area contributed by atoms with Crippen LogP contribution in [0.3, 0.4) is 0 Å². The molecule has 0 fully saturated rings. The average molecular weight is 311 g/mol. The van der Waals surface area contributed by atoms with Gasteiger partial charge in [0.05, 0.1) is 7.11 Å². The molecule has 3 rings (SSSR count). The fourth-order valence-corrected chi connectivity index (χ4v) is 2.51. The van der Waals surface area contributed by atoms with Crippen LogP contribution in [0.4, 0.5) is 0 Å². The first kappa shape index (κ1) is 15.1. The number of ether oxygens (including phenoxy) is 2. The fraction of sp³-hybridized carbons (Fsp3) is 0.222. The van der Waals surface area contributed by atoms with Crippen LogP contribution in [0, 0.1) is 5.92 Å². The number of carbonyl (C=O) groups is 2. The van der Waals surface area contributed by atoms with E-state index in [0.717, 1.165) is 11.3 Å². The first-order valence-corrected chi connectivity index (χ1v) is 7.36. The van der Waals surface area contributed by atoms with Crippen LogP contribution in [0.1, 0.15) is 5.56 Å². The molecule has 1 aliphatic carbocycles. The second-order valence-electron chi connectivity index (χ2n) is 5.33. The number of amides is 1. The Hall–Kier alpha value is -2.82. The Morgan fingerprint density at radius 2 is 1.96 bits per heavy atom. The number of hydrogen-bond acceptors (Lipinski definition) is 4. The van der Waals surface area contributed by atoms with Crippen LogP contribution >= 0.6 is 0 Å². The molecule has 0 radical (unpaired) electrons. The van der Waals surface area contributed by atoms with Gasteiger partial charge >= 0.3 is 5.97 Å². The summed E-state index contributed by atoms with van der Waals surface area (Å²) in [6.45, 7) is 0.331. The Morgan fingerprint density at radius 3 is 2.70 bits per heavy atom. The molecule has 1 heterocycles. The molecule has 5 nitrogen and oxygen atoms in total. The maximum absolute atomic E-state index is 12.2. The van der Waals surface area contributed by atoms with Crippen LogP contribution in [-0.2, 0) is 20.9 Å². The molecule has 1 N–H and O–H groups in total. The van der Waals surface area contributed by atoms with E-state index in [4.69, 9.17) is 9.47 Å². The van der Waals surface area contributed by atoms with Crippen molar-refractivity contribution in [3.05, 3.63) is 65.8 Å². The maximum atomic E-state index is 12.2. The lowest BCUT2D eigenvalue weighted by Crippen LogP contribution is -2.36. The zero-order valence-electron chi connectivity index (χ0n) is 12.7. The van der Waals surface area contributed by atoms with Gasteiger partial charge in [0.1, 0.15) is 17.4 Å². The third-order valence-corrected chi connectivity index (χ3v) is 3.80. The van der Waals surface area contributed by atoms with Crippen molar-refractivity contribution >= 4 is 11.9 Å². The van der Waals surface area contributed by atoms with Gasteiger partial charge in [-0.3, -0.25) is 4.79 Å². The normalized spacial score (nSPS) is 22.0. The summed E-state index contributed by atoms with van der Waals surface area (Å²) in [7, 11) is 1.60. The van der Waals surface area contributed by atoms with Gasteiger partial charge in [-0.2, -0.15) is 0 Å². The molecule has 1 aliphatic heterocycles. The van der Waals surface area contributed by atoms with Crippen molar-refractivity contribution in [1.82, 2.24) is 5.32 Å². The molecule has 118 valence electrons. The summed E-state index contributed by atoms with van der Waals surface area (Å²) in [5, 5.41) is 2.74. The zero-order valence-corrected chi connectivity index (χ0v) is 12.7. The van der Waals surface area contributed by atoms with Gasteiger partial charge in [0.25, 0.3) is 5.91 Å². The van der Waals surface area contributed by atoms with E-state index in [1.807, 2.05) is 48.6 Å². The van der Waals surface area contributed by atoms with Gasteiger partial charge < -0.3 is 14.8 Å². The third-order valence-electron chi connectivity index (χ3n) is 3.80. The number of carbonyl (C=O) groups excluding carboxylic acids is 2. The molecule has 2 aliphatic rings. The van der Waals surface area contributed by atoms with Crippen molar-refractivity contribution in [2.24, 2.45) is 5.92 Å². The predicted octanol–water partition coefficient (Wildman–Crippen LogP) is 1.91. The maximum Gasteiger partial charge on any atom is 0.344 e. The highest BCUT2D eigenvalue weighted by molar-refractivity contribution is 6.16. The Morgan fingerprint density at radius 1 is 1.22 bits per heavy atom. The topological polar surface area (TPSA) is 64.6 Å². The minimum absolute atomic E-state index is 0.0553. The van der Waals surface area contributed by atoms with E-state index >= 15 is 0 Å². The first-order valence-electron chi connectivity index (χ1n) is 7.36. The second-order valence-corrected chi connectivity index (χ2v) is 5.33. The van der Waals surface area contributed by atoms with E-state index in [1.165, 1.54) is 0 Å². The highest BCUT2D eigenvalue weighted by atomic mass is 16.5. The molecule has 0 spiro atoms. The Bertz CT molecular complexity index is 700. The van der Waals surface area contributed by atoms with Crippen LogP contribution < -0.4 is 10.1 Å². The quantitative estimate of drug-likeness (QED) is 0.681. The highest BCUT2D eigenvalue weighted by Crippen LogP contribution is 2.25. The molecule has 1 amide bonds. The molecule has 1 aromatic rings. The Kier molecular flexibility index (Phi) is 4.28. The largest absolute Gasteiger partial charge is 0.497 e. The number of methoxy groups -OCH3 is 1. The molecular weight excluding hydrogens is 294 g/mol. The first-order chi connectivity index (χ1) is 11.2. The molecule has 0 bridgehead atoms. The fourth-order valence-electron chi connectivity index (χ4n) is 2.51. The summed E-state index contributed by atoms with van der Waals surface area (Å²) in [4.78, 5) is 24.2. The van der Waals surface area contributed by atoms with E-state index < -0.39 is 11.9 Å². The van der Waals surface area contributed by atoms with Crippen LogP contribution in [0.5, 0.6) is 5.75 Å². The van der Waals surface area contributed by atoms with E-state index in [1.54, 1.807) is 13.2 Å². The van der Waals surface area contributed by atoms with E-state index in [0.29, 0.717) is 6.54 Å². The smallest absolute Gasteiger partial charge is 0.344 e. The summed E-state index contributed by atoms with van der Waals surface area (Å²) in [6.07, 6.45) is 8.78. The lowest BCUT2D eigenvalue weighted by Gasteiger charge is -2.27. The summed E-state index contributed by atoms with van der Waals surface area (Å²) in [5.41, 5.74) is 0.974. The average Bonchev–Trinajstić information content (AvgIpc) is 2.59. The van der Waals surface area contributed by atoms with Crippen LogP contribution in [0.25, 0.3) is 0 Å². The minimum Gasteiger partial charge on any atom is -0.497 e. The number of hydrogen-bond donors (Lipinski definition) is 1. The van der Waals surface area contributed by atoms with Gasteiger partial charge in [-0.05, 0) is 23.8 Å². The second kappa shape index (κ2) is 6.52. The predicted molar refractivity (Wildman–Crippen MR) is 84.6 cm³/mol. The SMILES string of the molecule is COc1ccc(CNC(=O)C2=CC3C=CC=CC3OC2=O)cc1. The molecule has 1 aromatic carbocycles. The standard InChI is InChI=1S/C18H17NO4/c1-22-14-8-6-12(7-9-14)11-19-17(20)15-10-13-4-2-3-5-16(13)23-18(15)21/h2-10,13,16H,11H2,1H3,(H,19,20). The zero-order chi connectivity index (χ0) is 16.2. The van der Waals surface area contributed by atoms with E-state index in [9.17, 15) is 9.59 Å². The van der Waals surface area contributed by atoms with Crippen LogP contribution in [0.15, 0.2) is 60.2 Å². The van der Waals surface area contributed by atoms with Gasteiger partial charge in [0.2, 0.25) is 0 Å². The van der Waals surface area contributed by atoms with Crippen LogP contribution in [0.2, 0.25) is 0 Å². The molecule has 0 saturated carbocycles. The van der Waals surface area contributed by atoms with Gasteiger partial charge in [-0.25, -0.2) is 4.79 Å². The molecule has 23 heavy (non-hydrogen) atoms. The molecular formula is C18H17NO4. The van der Waals surface area contributed by atoms with Gasteiger partial charge in [-0.15, -0.1) is 0 Å². The molecule has 5 heteroatoms. The third kappa shape index (κ3) is 3.34. The van der Waals surface area contributed by atoms with E-state index in [-0.39, 0.29) is 17.6 Å². The van der Waals surface area contributed by atoms with Crippen molar-refractivity contribution in [2.45, 2.75) is 12.6 Å². The van der Waals surface area contributed by atoms with Crippen molar-refractivity contribution in [3.63, 3.8) is 0 Å². The Labute approximate surface area is 134 Å². The molecule has 0 saturated heterocycles. The number of fused-ring (bicyclic) bond motifs is 1. The number of esters is 1. The van der Waals surface area contributed by atoms with Gasteiger partial charge in [-0.1, -0.05) is 36.4 Å². The lowest BCUT2D eigenvalue weighted by atomic mass is 9.92. The van der Waals surface area contributed by atoms with Gasteiger partial charge in [0.15, 0.2) is 0 Å². The summed E-state index contributed by atoms with van der Waals surface area (Å²) >= 11 is 0. The molecule has 2 unspecified atom stereocenters. The minimum atomic E-state index is -0.585. The van der Waals surface area contributed by atoms with Crippen molar-refractivity contribution in [2.75, 3.05) is 7.11 Å². The number of nitrogens with one attached hydrogen (secondary N) is 1. The monoisotopic (exact) mass is 311 g/mol. The van der Waals surface area contributed by atoms with Gasteiger partial charge in [0, 0.05) is 12.5 Å². The summed E-state index contributed by atoms with van der Waals surface area (Å²) in [6, 6.07) is 7.35.